The molecule has 0 N–H and O–H groups in total. The molecule has 0 aliphatic rings. The van der Waals surface area contributed by atoms with Crippen molar-refractivity contribution in [1.29, 1.82) is 0 Å². The van der Waals surface area contributed by atoms with Gasteiger partial charge in [-0.05, 0) is 13.0 Å². The zero-order valence-corrected chi connectivity index (χ0v) is 9.45. The van der Waals surface area contributed by atoms with Gasteiger partial charge in [0.1, 0.15) is 0 Å². The summed E-state index contributed by atoms with van der Waals surface area (Å²) in [5.41, 5.74) is 0.727. The van der Waals surface area contributed by atoms with Gasteiger partial charge in [-0.3, -0.25) is 4.98 Å². The summed E-state index contributed by atoms with van der Waals surface area (Å²) in [7, 11) is 0. The Kier molecular flexibility index (Phi) is 5.13. The van der Waals surface area contributed by atoms with E-state index in [4.69, 9.17) is 0 Å². The molecule has 0 radical (unpaired) electrons. The SMILES string of the molecule is Cc1ccc(C(F)C(=O)[O-])cn1.[Na+]. The molecule has 13 heavy (non-hydrogen) atoms. The fourth-order valence-electron chi connectivity index (χ4n) is 0.765. The molecule has 0 saturated heterocycles. The first-order valence-electron chi connectivity index (χ1n) is 3.38. The van der Waals surface area contributed by atoms with Crippen LogP contribution in [0.1, 0.15) is 17.4 Å². The third-order valence-electron chi connectivity index (χ3n) is 1.43. The van der Waals surface area contributed by atoms with Crippen LogP contribution in [0.15, 0.2) is 18.3 Å². The molecule has 0 amide bonds. The molecule has 0 fully saturated rings. The quantitative estimate of drug-likeness (QED) is 0.473. The number of aliphatic carboxylic acids is 1. The van der Waals surface area contributed by atoms with E-state index in [0.29, 0.717) is 5.69 Å². The van der Waals surface area contributed by atoms with Gasteiger partial charge in [0, 0.05) is 17.5 Å². The minimum atomic E-state index is -2.09. The second kappa shape index (κ2) is 5.32. The maximum absolute atomic E-state index is 12.7. The molecule has 0 bridgehead atoms. The first-order chi connectivity index (χ1) is 5.61. The van der Waals surface area contributed by atoms with Gasteiger partial charge in [-0.2, -0.15) is 0 Å². The molecule has 3 nitrogen and oxygen atoms in total. The Balaban J connectivity index is 0.00000144. The van der Waals surface area contributed by atoms with Crippen LogP contribution < -0.4 is 34.7 Å². The summed E-state index contributed by atoms with van der Waals surface area (Å²) in [6.07, 6.45) is -0.895. The maximum Gasteiger partial charge on any atom is 1.00 e. The van der Waals surface area contributed by atoms with Crippen molar-refractivity contribution in [1.82, 2.24) is 4.98 Å². The van der Waals surface area contributed by atoms with Gasteiger partial charge in [0.05, 0.1) is 5.97 Å². The summed E-state index contributed by atoms with van der Waals surface area (Å²) in [5.74, 6) is -1.74. The molecule has 1 unspecified atom stereocenters. The third kappa shape index (κ3) is 3.42. The van der Waals surface area contributed by atoms with Crippen LogP contribution >= 0.6 is 0 Å². The first-order valence-corrected chi connectivity index (χ1v) is 3.38. The van der Waals surface area contributed by atoms with Crippen molar-refractivity contribution in [2.45, 2.75) is 13.1 Å². The molecule has 0 saturated carbocycles. The van der Waals surface area contributed by atoms with Gasteiger partial charge in [0.25, 0.3) is 0 Å². The van der Waals surface area contributed by atoms with Crippen molar-refractivity contribution in [3.05, 3.63) is 29.6 Å². The molecule has 1 heterocycles. The van der Waals surface area contributed by atoms with Crippen molar-refractivity contribution in [3.8, 4) is 0 Å². The van der Waals surface area contributed by atoms with E-state index in [1.54, 1.807) is 13.0 Å². The Bertz CT molecular complexity index is 289. The molecule has 1 atom stereocenters. The van der Waals surface area contributed by atoms with E-state index in [0.717, 1.165) is 0 Å². The molecule has 64 valence electrons. The summed E-state index contributed by atoms with van der Waals surface area (Å²) in [6, 6.07) is 2.92. The third-order valence-corrected chi connectivity index (χ3v) is 1.43. The van der Waals surface area contributed by atoms with Gasteiger partial charge in [-0.1, -0.05) is 6.07 Å². The average molecular weight is 191 g/mol. The maximum atomic E-state index is 12.7. The smallest absolute Gasteiger partial charge is 0.547 e. The predicted octanol–water partition coefficient (Wildman–Crippen LogP) is -2.85. The van der Waals surface area contributed by atoms with Crippen LogP contribution in [0, 0.1) is 6.92 Å². The second-order valence-electron chi connectivity index (χ2n) is 2.41. The molecule has 0 aromatic carbocycles. The minimum Gasteiger partial charge on any atom is -0.547 e. The number of hydrogen-bond acceptors (Lipinski definition) is 3. The summed E-state index contributed by atoms with van der Waals surface area (Å²) >= 11 is 0. The standard InChI is InChI=1S/C8H8FNO2.Na/c1-5-2-3-6(4-10-5)7(9)8(11)12;/h2-4,7H,1H3,(H,11,12);/q;+1/p-1. The van der Waals surface area contributed by atoms with Gasteiger partial charge in [-0.25, -0.2) is 4.39 Å². The van der Waals surface area contributed by atoms with Crippen LogP contribution in [-0.2, 0) is 4.79 Å². The van der Waals surface area contributed by atoms with Crippen LogP contribution in [0.2, 0.25) is 0 Å². The predicted molar refractivity (Wildman–Crippen MR) is 37.8 cm³/mol. The van der Waals surface area contributed by atoms with E-state index >= 15 is 0 Å². The zero-order valence-electron chi connectivity index (χ0n) is 7.45. The van der Waals surface area contributed by atoms with E-state index in [9.17, 15) is 14.3 Å². The number of nitrogens with zero attached hydrogens (tertiary/aromatic N) is 1. The molecule has 0 spiro atoms. The van der Waals surface area contributed by atoms with Crippen LogP contribution in [-0.4, -0.2) is 11.0 Å². The zero-order chi connectivity index (χ0) is 9.14. The fraction of sp³-hybridized carbons (Fsp3) is 0.250. The first kappa shape index (κ1) is 12.6. The monoisotopic (exact) mass is 191 g/mol. The number of carbonyl (C=O) groups is 1. The van der Waals surface area contributed by atoms with Gasteiger partial charge in [0.15, 0.2) is 6.17 Å². The summed E-state index contributed by atoms with van der Waals surface area (Å²) in [6.45, 7) is 1.73. The summed E-state index contributed by atoms with van der Waals surface area (Å²) < 4.78 is 12.7. The van der Waals surface area contributed by atoms with Crippen LogP contribution in [0.4, 0.5) is 4.39 Å². The number of carboxylic acid groups (broad SMARTS) is 1. The Labute approximate surface area is 97.3 Å². The number of rotatable bonds is 2. The van der Waals surface area contributed by atoms with Crippen molar-refractivity contribution in [2.75, 3.05) is 0 Å². The van der Waals surface area contributed by atoms with Gasteiger partial charge < -0.3 is 9.90 Å². The van der Waals surface area contributed by atoms with E-state index in [2.05, 4.69) is 4.98 Å². The number of aryl methyl sites for hydroxylation is 1. The van der Waals surface area contributed by atoms with Gasteiger partial charge >= 0.3 is 29.6 Å². The van der Waals surface area contributed by atoms with E-state index in [-0.39, 0.29) is 35.1 Å². The molecule has 0 aliphatic heterocycles. The molecule has 1 rings (SSSR count). The van der Waals surface area contributed by atoms with Gasteiger partial charge in [-0.15, -0.1) is 0 Å². The number of alkyl halides is 1. The van der Waals surface area contributed by atoms with Crippen molar-refractivity contribution in [3.63, 3.8) is 0 Å². The van der Waals surface area contributed by atoms with Crippen LogP contribution in [0.5, 0.6) is 0 Å². The Morgan fingerprint density at radius 2 is 2.23 bits per heavy atom. The average Bonchev–Trinajstić information content (AvgIpc) is 2.04. The number of aromatic nitrogens is 1. The van der Waals surface area contributed by atoms with Crippen molar-refractivity contribution in [2.24, 2.45) is 0 Å². The molecule has 1 aromatic heterocycles. The number of pyridine rings is 1. The van der Waals surface area contributed by atoms with Gasteiger partial charge in [0.2, 0.25) is 0 Å². The van der Waals surface area contributed by atoms with E-state index in [1.807, 2.05) is 0 Å². The second-order valence-corrected chi connectivity index (χ2v) is 2.41. The number of halogens is 1. The topological polar surface area (TPSA) is 53.0 Å². The molecule has 5 heteroatoms. The normalized spacial score (nSPS) is 11.5. The van der Waals surface area contributed by atoms with Crippen molar-refractivity contribution < 1.29 is 43.8 Å². The Hall–Kier alpha value is -0.450. The molecular weight excluding hydrogens is 184 g/mol. The van der Waals surface area contributed by atoms with E-state index < -0.39 is 12.1 Å². The molecule has 1 aromatic rings. The minimum absolute atomic E-state index is 0. The van der Waals surface area contributed by atoms with Crippen LogP contribution in [0.3, 0.4) is 0 Å². The number of carboxylic acids is 1. The summed E-state index contributed by atoms with van der Waals surface area (Å²) in [5, 5.41) is 10.1. The Morgan fingerprint density at radius 3 is 2.62 bits per heavy atom. The Morgan fingerprint density at radius 1 is 1.62 bits per heavy atom. The van der Waals surface area contributed by atoms with Crippen molar-refractivity contribution >= 4 is 5.97 Å². The summed E-state index contributed by atoms with van der Waals surface area (Å²) in [4.78, 5) is 13.8. The van der Waals surface area contributed by atoms with Crippen LogP contribution in [0.25, 0.3) is 0 Å². The fourth-order valence-corrected chi connectivity index (χ4v) is 0.765. The molecular formula is C8H7FNNaO2. The number of carbonyl (C=O) groups excluding carboxylic acids is 1. The molecule has 0 aliphatic carbocycles. The largest absolute Gasteiger partial charge is 1.00 e. The number of hydrogen-bond donors (Lipinski definition) is 0. The van der Waals surface area contributed by atoms with E-state index in [1.165, 1.54) is 12.3 Å².